The fourth-order valence-electron chi connectivity index (χ4n) is 3.96. The van der Waals surface area contributed by atoms with Crippen LogP contribution in [0.1, 0.15) is 57.4 Å². The number of rotatable bonds is 6. The van der Waals surface area contributed by atoms with E-state index in [0.29, 0.717) is 19.1 Å². The molecule has 6 heteroatoms. The predicted octanol–water partition coefficient (Wildman–Crippen LogP) is 3.07. The van der Waals surface area contributed by atoms with Crippen molar-refractivity contribution in [1.29, 1.82) is 0 Å². The van der Waals surface area contributed by atoms with Crippen LogP contribution in [0.5, 0.6) is 5.75 Å². The van der Waals surface area contributed by atoms with E-state index in [4.69, 9.17) is 4.74 Å². The van der Waals surface area contributed by atoms with Gasteiger partial charge in [0.05, 0.1) is 6.10 Å². The fraction of sp³-hybridized carbons (Fsp3) is 0.636. The predicted molar refractivity (Wildman–Crippen MR) is 113 cm³/mol. The van der Waals surface area contributed by atoms with Gasteiger partial charge in [-0.1, -0.05) is 25.5 Å². The molecule has 2 aliphatic rings. The van der Waals surface area contributed by atoms with Crippen LogP contribution in [0.4, 0.5) is 0 Å². The normalized spacial score (nSPS) is 20.9. The van der Waals surface area contributed by atoms with Gasteiger partial charge in [-0.25, -0.2) is 0 Å². The second-order valence-corrected chi connectivity index (χ2v) is 7.77. The SMILES string of the molecule is CCC(=O)N1CCC(NC(=NC)NCc2ccc(OC3CCCCC3)cc2)C1. The number of hydrogen-bond donors (Lipinski definition) is 2. The standard InChI is InChI=1S/C22H34N4O2/c1-3-21(27)26-14-13-18(16-26)25-22(23-2)24-15-17-9-11-20(12-10-17)28-19-7-5-4-6-8-19/h9-12,18-19H,3-8,13-16H2,1-2H3,(H2,23,24,25). The van der Waals surface area contributed by atoms with E-state index in [1.54, 1.807) is 7.05 Å². The van der Waals surface area contributed by atoms with Crippen molar-refractivity contribution in [2.45, 2.75) is 70.6 Å². The van der Waals surface area contributed by atoms with E-state index < -0.39 is 0 Å². The molecule has 154 valence electrons. The first kappa shape index (κ1) is 20.5. The van der Waals surface area contributed by atoms with Crippen molar-refractivity contribution in [2.75, 3.05) is 20.1 Å². The zero-order valence-corrected chi connectivity index (χ0v) is 17.2. The third-order valence-corrected chi connectivity index (χ3v) is 5.65. The Morgan fingerprint density at radius 1 is 1.18 bits per heavy atom. The Morgan fingerprint density at radius 2 is 1.93 bits per heavy atom. The van der Waals surface area contributed by atoms with Gasteiger partial charge in [0.15, 0.2) is 5.96 Å². The second-order valence-electron chi connectivity index (χ2n) is 7.77. The van der Waals surface area contributed by atoms with Crippen molar-refractivity contribution < 1.29 is 9.53 Å². The van der Waals surface area contributed by atoms with Crippen molar-refractivity contribution in [3.63, 3.8) is 0 Å². The van der Waals surface area contributed by atoms with Crippen LogP contribution in [-0.2, 0) is 11.3 Å². The van der Waals surface area contributed by atoms with Gasteiger partial charge in [0.2, 0.25) is 5.91 Å². The molecule has 1 unspecified atom stereocenters. The maximum absolute atomic E-state index is 11.8. The van der Waals surface area contributed by atoms with Crippen LogP contribution >= 0.6 is 0 Å². The second kappa shape index (κ2) is 10.3. The van der Waals surface area contributed by atoms with Crippen LogP contribution in [0, 0.1) is 0 Å². The van der Waals surface area contributed by atoms with E-state index in [1.807, 2.05) is 11.8 Å². The number of guanidine groups is 1. The number of benzene rings is 1. The van der Waals surface area contributed by atoms with Crippen LogP contribution < -0.4 is 15.4 Å². The third-order valence-electron chi connectivity index (χ3n) is 5.65. The van der Waals surface area contributed by atoms with Crippen molar-refractivity contribution >= 4 is 11.9 Å². The highest BCUT2D eigenvalue weighted by atomic mass is 16.5. The van der Waals surface area contributed by atoms with Gasteiger partial charge in [0, 0.05) is 39.1 Å². The molecule has 1 heterocycles. The Balaban J connectivity index is 1.43. The number of carbonyl (C=O) groups is 1. The molecule has 0 spiro atoms. The molecule has 1 aromatic carbocycles. The van der Waals surface area contributed by atoms with E-state index in [9.17, 15) is 4.79 Å². The average Bonchev–Trinajstić information content (AvgIpc) is 3.21. The minimum absolute atomic E-state index is 0.225. The molecule has 1 saturated heterocycles. The first-order valence-corrected chi connectivity index (χ1v) is 10.7. The number of nitrogens with zero attached hydrogens (tertiary/aromatic N) is 2. The monoisotopic (exact) mass is 386 g/mol. The summed E-state index contributed by atoms with van der Waals surface area (Å²) in [6.07, 6.45) is 8.16. The minimum Gasteiger partial charge on any atom is -0.490 e. The molecule has 1 aromatic rings. The zero-order chi connectivity index (χ0) is 19.8. The molecule has 0 radical (unpaired) electrons. The number of aliphatic imine (C=N–C) groups is 1. The van der Waals surface area contributed by atoms with Crippen molar-refractivity contribution in [3.05, 3.63) is 29.8 Å². The van der Waals surface area contributed by atoms with E-state index in [2.05, 4.69) is 39.9 Å². The molecule has 6 nitrogen and oxygen atoms in total. The van der Waals surface area contributed by atoms with Gasteiger partial charge in [-0.2, -0.15) is 0 Å². The summed E-state index contributed by atoms with van der Waals surface area (Å²) in [6.45, 7) is 4.19. The van der Waals surface area contributed by atoms with Crippen molar-refractivity contribution in [1.82, 2.24) is 15.5 Å². The van der Waals surface area contributed by atoms with Gasteiger partial charge in [-0.05, 0) is 49.8 Å². The van der Waals surface area contributed by atoms with E-state index in [1.165, 1.54) is 37.7 Å². The van der Waals surface area contributed by atoms with Crippen LogP contribution in [0.3, 0.4) is 0 Å². The summed E-state index contributed by atoms with van der Waals surface area (Å²) in [5.41, 5.74) is 1.19. The molecule has 28 heavy (non-hydrogen) atoms. The number of likely N-dealkylation sites (tertiary alicyclic amines) is 1. The number of carbonyl (C=O) groups excluding carboxylic acids is 1. The van der Waals surface area contributed by atoms with Crippen LogP contribution in [0.25, 0.3) is 0 Å². The highest BCUT2D eigenvalue weighted by molar-refractivity contribution is 5.80. The molecule has 1 atom stereocenters. The minimum atomic E-state index is 0.225. The topological polar surface area (TPSA) is 66.0 Å². The quantitative estimate of drug-likeness (QED) is 0.582. The summed E-state index contributed by atoms with van der Waals surface area (Å²) in [5.74, 6) is 1.96. The smallest absolute Gasteiger partial charge is 0.222 e. The lowest BCUT2D eigenvalue weighted by Crippen LogP contribution is -2.44. The lowest BCUT2D eigenvalue weighted by molar-refractivity contribution is -0.129. The van der Waals surface area contributed by atoms with Crippen molar-refractivity contribution in [3.8, 4) is 5.75 Å². The van der Waals surface area contributed by atoms with Gasteiger partial charge in [-0.15, -0.1) is 0 Å². The molecule has 1 aliphatic heterocycles. The van der Waals surface area contributed by atoms with Gasteiger partial charge < -0.3 is 20.3 Å². The van der Waals surface area contributed by atoms with Crippen LogP contribution in [-0.4, -0.2) is 49.0 Å². The van der Waals surface area contributed by atoms with E-state index >= 15 is 0 Å². The Hall–Kier alpha value is -2.24. The highest BCUT2D eigenvalue weighted by Crippen LogP contribution is 2.23. The maximum Gasteiger partial charge on any atom is 0.222 e. The van der Waals surface area contributed by atoms with Crippen LogP contribution in [0.15, 0.2) is 29.3 Å². The number of hydrogen-bond acceptors (Lipinski definition) is 3. The summed E-state index contributed by atoms with van der Waals surface area (Å²) < 4.78 is 6.10. The summed E-state index contributed by atoms with van der Waals surface area (Å²) in [5, 5.41) is 6.80. The molecule has 1 aliphatic carbocycles. The molecule has 2 fully saturated rings. The zero-order valence-electron chi connectivity index (χ0n) is 17.2. The Bertz CT molecular complexity index is 653. The van der Waals surface area contributed by atoms with Gasteiger partial charge in [-0.3, -0.25) is 9.79 Å². The van der Waals surface area contributed by atoms with E-state index in [-0.39, 0.29) is 11.9 Å². The lowest BCUT2D eigenvalue weighted by atomic mass is 9.98. The molecule has 0 bridgehead atoms. The number of nitrogens with one attached hydrogen (secondary N) is 2. The maximum atomic E-state index is 11.8. The highest BCUT2D eigenvalue weighted by Gasteiger charge is 2.25. The van der Waals surface area contributed by atoms with Gasteiger partial charge in [0.1, 0.15) is 5.75 Å². The summed E-state index contributed by atoms with van der Waals surface area (Å²) in [7, 11) is 1.78. The summed E-state index contributed by atoms with van der Waals surface area (Å²) in [6, 6.07) is 8.60. The average molecular weight is 387 g/mol. The Morgan fingerprint density at radius 3 is 2.61 bits per heavy atom. The Labute approximate surface area is 168 Å². The van der Waals surface area contributed by atoms with Crippen LogP contribution in [0.2, 0.25) is 0 Å². The molecular weight excluding hydrogens is 352 g/mol. The first-order valence-electron chi connectivity index (χ1n) is 10.7. The molecular formula is C22H34N4O2. The Kier molecular flexibility index (Phi) is 7.57. The summed E-state index contributed by atoms with van der Waals surface area (Å²) >= 11 is 0. The molecule has 3 rings (SSSR count). The largest absolute Gasteiger partial charge is 0.490 e. The molecule has 2 N–H and O–H groups in total. The summed E-state index contributed by atoms with van der Waals surface area (Å²) in [4.78, 5) is 18.1. The van der Waals surface area contributed by atoms with Gasteiger partial charge >= 0.3 is 0 Å². The van der Waals surface area contributed by atoms with Gasteiger partial charge in [0.25, 0.3) is 0 Å². The molecule has 0 aromatic heterocycles. The first-order chi connectivity index (χ1) is 13.7. The van der Waals surface area contributed by atoms with Crippen molar-refractivity contribution in [2.24, 2.45) is 4.99 Å². The lowest BCUT2D eigenvalue weighted by Gasteiger charge is -2.23. The fourth-order valence-corrected chi connectivity index (χ4v) is 3.96. The molecule has 1 saturated carbocycles. The van der Waals surface area contributed by atoms with E-state index in [0.717, 1.165) is 31.2 Å². The molecule has 1 amide bonds. The number of amides is 1. The third kappa shape index (κ3) is 5.88. The number of ether oxygens (including phenoxy) is 1.